The number of nitro groups is 1. The van der Waals surface area contributed by atoms with E-state index in [0.717, 1.165) is 80.4 Å². The number of anilines is 2. The van der Waals surface area contributed by atoms with E-state index in [2.05, 4.69) is 41.9 Å². The van der Waals surface area contributed by atoms with Crippen LogP contribution in [0.15, 0.2) is 90.1 Å². The largest absolute Gasteiger partial charge is 0.455 e. The van der Waals surface area contributed by atoms with Gasteiger partial charge in [-0.2, -0.15) is 0 Å². The van der Waals surface area contributed by atoms with Crippen molar-refractivity contribution in [1.82, 2.24) is 19.6 Å². The Morgan fingerprint density at radius 1 is 0.949 bits per heavy atom. The third kappa shape index (κ3) is 9.65. The van der Waals surface area contributed by atoms with E-state index in [1.165, 1.54) is 36.7 Å². The molecule has 1 amide bonds. The van der Waals surface area contributed by atoms with E-state index < -0.39 is 31.4 Å². The number of halogens is 1. The molecule has 5 heterocycles. The number of aromatic nitrogens is 2. The SMILES string of the molecule is O=C(NS(=O)(=O)c1ccc(NCC2CCOCC2)c([N+](=O)[O-])c1)c1ccc(N2CCC(CN3CCCCC3c3ccc(Cl)cc3)CC2)cc1Oc1cnc2[nH]ccc2c1. The molecule has 8 rings (SSSR count). The van der Waals surface area contributed by atoms with Gasteiger partial charge < -0.3 is 24.7 Å². The molecule has 16 heteroatoms. The van der Waals surface area contributed by atoms with Crippen LogP contribution in [0.2, 0.25) is 5.02 Å². The Morgan fingerprint density at radius 3 is 2.53 bits per heavy atom. The fourth-order valence-electron chi connectivity index (χ4n) is 8.48. The summed E-state index contributed by atoms with van der Waals surface area (Å²) in [6, 6.07) is 21.0. The highest BCUT2D eigenvalue weighted by Gasteiger charge is 2.30. The van der Waals surface area contributed by atoms with Crippen LogP contribution >= 0.6 is 11.6 Å². The molecule has 3 saturated heterocycles. The maximum Gasteiger partial charge on any atom is 0.293 e. The average Bonchev–Trinajstić information content (AvgIpc) is 3.72. The van der Waals surface area contributed by atoms with Gasteiger partial charge in [0.15, 0.2) is 0 Å². The Bertz CT molecular complexity index is 2400. The van der Waals surface area contributed by atoms with Crippen LogP contribution in [0.3, 0.4) is 0 Å². The first-order valence-corrected chi connectivity index (χ1v) is 22.1. The van der Waals surface area contributed by atoms with Gasteiger partial charge in [-0.25, -0.2) is 18.1 Å². The molecular formula is C43H48ClN7O7S. The average molecular weight is 842 g/mol. The Labute approximate surface area is 348 Å². The summed E-state index contributed by atoms with van der Waals surface area (Å²) in [4.78, 5) is 37.2. The van der Waals surface area contributed by atoms with E-state index in [0.29, 0.717) is 43.1 Å². The number of fused-ring (bicyclic) bond motifs is 1. The van der Waals surface area contributed by atoms with Crippen LogP contribution < -0.4 is 19.7 Å². The lowest BCUT2D eigenvalue weighted by molar-refractivity contribution is -0.384. The van der Waals surface area contributed by atoms with Gasteiger partial charge in [0.1, 0.15) is 22.8 Å². The molecule has 3 N–H and O–H groups in total. The predicted molar refractivity (Wildman–Crippen MR) is 227 cm³/mol. The third-order valence-electron chi connectivity index (χ3n) is 11.8. The summed E-state index contributed by atoms with van der Waals surface area (Å²) in [5.41, 5.74) is 2.59. The number of H-pyrrole nitrogens is 1. The molecule has 0 saturated carbocycles. The van der Waals surface area contributed by atoms with Crippen molar-refractivity contribution in [1.29, 1.82) is 0 Å². The topological polar surface area (TPSA) is 172 Å². The molecule has 3 aliphatic heterocycles. The van der Waals surface area contributed by atoms with Gasteiger partial charge in [0.25, 0.3) is 21.6 Å². The van der Waals surface area contributed by atoms with E-state index in [1.54, 1.807) is 30.5 Å². The van der Waals surface area contributed by atoms with Crippen molar-refractivity contribution in [3.8, 4) is 11.5 Å². The molecule has 1 unspecified atom stereocenters. The molecule has 0 aliphatic carbocycles. The molecule has 2 aromatic heterocycles. The number of piperidine rings is 2. The highest BCUT2D eigenvalue weighted by Crippen LogP contribution is 2.36. The van der Waals surface area contributed by atoms with Gasteiger partial charge in [-0.15, -0.1) is 0 Å². The van der Waals surface area contributed by atoms with Crippen LogP contribution in [0.1, 0.15) is 66.9 Å². The number of carbonyl (C=O) groups is 1. The van der Waals surface area contributed by atoms with Gasteiger partial charge >= 0.3 is 0 Å². The molecule has 14 nitrogen and oxygen atoms in total. The molecule has 0 radical (unpaired) electrons. The number of ether oxygens (including phenoxy) is 2. The summed E-state index contributed by atoms with van der Waals surface area (Å²) in [5, 5.41) is 16.7. The number of nitrogens with one attached hydrogen (secondary N) is 3. The van der Waals surface area contributed by atoms with Crippen molar-refractivity contribution < 1.29 is 27.6 Å². The van der Waals surface area contributed by atoms with Crippen molar-refractivity contribution in [2.24, 2.45) is 11.8 Å². The smallest absolute Gasteiger partial charge is 0.293 e. The molecule has 310 valence electrons. The molecule has 1 atom stereocenters. The quantitative estimate of drug-likeness (QED) is 0.0769. The van der Waals surface area contributed by atoms with Crippen LogP contribution in [0.5, 0.6) is 11.5 Å². The third-order valence-corrected chi connectivity index (χ3v) is 13.4. The van der Waals surface area contributed by atoms with E-state index >= 15 is 0 Å². The Hall–Kier alpha value is -5.22. The van der Waals surface area contributed by atoms with Gasteiger partial charge in [-0.1, -0.05) is 30.2 Å². The van der Waals surface area contributed by atoms with Crippen molar-refractivity contribution in [2.45, 2.75) is 55.9 Å². The zero-order valence-electron chi connectivity index (χ0n) is 32.6. The fourth-order valence-corrected chi connectivity index (χ4v) is 9.59. The van der Waals surface area contributed by atoms with Crippen LogP contribution in [-0.2, 0) is 14.8 Å². The summed E-state index contributed by atoms with van der Waals surface area (Å²) in [7, 11) is -4.54. The summed E-state index contributed by atoms with van der Waals surface area (Å²) in [5.74, 6) is 0.368. The van der Waals surface area contributed by atoms with Crippen molar-refractivity contribution >= 4 is 55.6 Å². The van der Waals surface area contributed by atoms with E-state index in [4.69, 9.17) is 21.1 Å². The van der Waals surface area contributed by atoms with Crippen LogP contribution in [-0.4, -0.2) is 80.1 Å². The van der Waals surface area contributed by atoms with Gasteiger partial charge in [0.05, 0.1) is 21.6 Å². The molecule has 5 aromatic rings. The summed E-state index contributed by atoms with van der Waals surface area (Å²) in [6.45, 7) is 5.46. The summed E-state index contributed by atoms with van der Waals surface area (Å²) >= 11 is 6.19. The molecular weight excluding hydrogens is 794 g/mol. The lowest BCUT2D eigenvalue weighted by Gasteiger charge is -2.41. The van der Waals surface area contributed by atoms with Crippen LogP contribution in [0, 0.1) is 22.0 Å². The number of hydrogen-bond acceptors (Lipinski definition) is 11. The molecule has 0 bridgehead atoms. The Morgan fingerprint density at radius 2 is 1.75 bits per heavy atom. The maximum atomic E-state index is 13.9. The first-order valence-electron chi connectivity index (χ1n) is 20.3. The first kappa shape index (κ1) is 40.6. The number of pyridine rings is 1. The van der Waals surface area contributed by atoms with Gasteiger partial charge in [-0.3, -0.25) is 19.8 Å². The minimum absolute atomic E-state index is 0.0241. The number of likely N-dealkylation sites (tertiary alicyclic amines) is 1. The zero-order chi connectivity index (χ0) is 40.9. The number of carbonyl (C=O) groups excluding carboxylic acids is 1. The molecule has 59 heavy (non-hydrogen) atoms. The number of benzene rings is 3. The summed E-state index contributed by atoms with van der Waals surface area (Å²) in [6.07, 6.45) is 10.5. The van der Waals surface area contributed by atoms with Crippen LogP contribution in [0.4, 0.5) is 17.1 Å². The summed E-state index contributed by atoms with van der Waals surface area (Å²) < 4.78 is 41.1. The first-order chi connectivity index (χ1) is 28.6. The Balaban J connectivity index is 0.985. The monoisotopic (exact) mass is 841 g/mol. The van der Waals surface area contributed by atoms with E-state index in [1.807, 2.05) is 18.2 Å². The number of nitrogens with zero attached hydrogens (tertiary/aromatic N) is 4. The minimum Gasteiger partial charge on any atom is -0.455 e. The number of amides is 1. The number of rotatable bonds is 13. The van der Waals surface area contributed by atoms with E-state index in [9.17, 15) is 23.3 Å². The second kappa shape index (κ2) is 18.0. The second-order valence-electron chi connectivity index (χ2n) is 15.7. The number of hydrogen-bond donors (Lipinski definition) is 3. The number of nitro benzene ring substituents is 1. The standard InChI is InChI=1S/C43H48ClN7O7S/c44-33-6-4-31(5-7-33)39-3-1-2-18-50(39)28-30-13-19-49(20-14-30)34-8-10-37(41(24-34)58-35-23-32-12-17-45-42(32)47-27-35)43(52)48-59(55,56)36-9-11-38(40(25-36)51(53)54)46-26-29-15-21-57-22-16-29/h4-12,17,23-25,27,29-30,39,46H,1-3,13-16,18-22,26,28H2,(H,45,47)(H,48,52). The fraction of sp³-hybridized carbons (Fsp3) is 0.395. The zero-order valence-corrected chi connectivity index (χ0v) is 34.2. The highest BCUT2D eigenvalue weighted by molar-refractivity contribution is 7.90. The molecule has 0 spiro atoms. The van der Waals surface area contributed by atoms with Crippen molar-refractivity contribution in [2.75, 3.05) is 56.2 Å². The predicted octanol–water partition coefficient (Wildman–Crippen LogP) is 8.32. The van der Waals surface area contributed by atoms with Crippen molar-refractivity contribution in [3.63, 3.8) is 0 Å². The molecule has 3 aliphatic rings. The maximum absolute atomic E-state index is 13.9. The molecule has 3 aromatic carbocycles. The lowest BCUT2D eigenvalue weighted by Crippen LogP contribution is -2.41. The van der Waals surface area contributed by atoms with E-state index in [-0.39, 0.29) is 22.9 Å². The van der Waals surface area contributed by atoms with Crippen LogP contribution in [0.25, 0.3) is 11.0 Å². The normalized spacial score (nSPS) is 18.5. The number of aromatic amines is 1. The lowest BCUT2D eigenvalue weighted by atomic mass is 9.91. The number of sulfonamides is 1. The molecule has 3 fully saturated rings. The minimum atomic E-state index is -4.54. The second-order valence-corrected chi connectivity index (χ2v) is 17.8. The van der Waals surface area contributed by atoms with Gasteiger partial charge in [0.2, 0.25) is 0 Å². The Kier molecular flexibility index (Phi) is 12.3. The van der Waals surface area contributed by atoms with Crippen molar-refractivity contribution in [3.05, 3.63) is 111 Å². The highest BCUT2D eigenvalue weighted by atomic mass is 35.5. The van der Waals surface area contributed by atoms with Gasteiger partial charge in [0, 0.05) is 79.9 Å². The van der Waals surface area contributed by atoms with Gasteiger partial charge in [-0.05, 0) is 111 Å².